The van der Waals surface area contributed by atoms with Crippen LogP contribution in [0.3, 0.4) is 0 Å². The van der Waals surface area contributed by atoms with Gasteiger partial charge in [-0.2, -0.15) is 0 Å². The lowest BCUT2D eigenvalue weighted by Gasteiger charge is -2.37. The summed E-state index contributed by atoms with van der Waals surface area (Å²) in [4.78, 5) is 11.9. The van der Waals surface area contributed by atoms with Crippen molar-refractivity contribution < 1.29 is 0 Å². The fourth-order valence-electron chi connectivity index (χ4n) is 2.94. The lowest BCUT2D eigenvalue weighted by Crippen LogP contribution is -2.51. The Morgan fingerprint density at radius 1 is 1.33 bits per heavy atom. The van der Waals surface area contributed by atoms with Crippen LogP contribution >= 0.6 is 24.0 Å². The standard InChI is InChI=1S/C17H32N6.HI/c1-6-18-17(23(5)14-15-8-7-9-21(15)3)19-12-16-13-20(2)10-11-22(16)4;/h7-9,16H,6,10-14H2,1-5H3,(H,18,19);1H. The lowest BCUT2D eigenvalue weighted by atomic mass is 10.2. The largest absolute Gasteiger partial charge is 0.357 e. The van der Waals surface area contributed by atoms with Crippen molar-refractivity contribution in [1.82, 2.24) is 24.6 Å². The first kappa shape index (κ1) is 21.2. The Labute approximate surface area is 163 Å². The van der Waals surface area contributed by atoms with Crippen molar-refractivity contribution in [3.63, 3.8) is 0 Å². The molecule has 7 heteroatoms. The van der Waals surface area contributed by atoms with Gasteiger partial charge in [-0.3, -0.25) is 9.89 Å². The summed E-state index contributed by atoms with van der Waals surface area (Å²) < 4.78 is 2.16. The second-order valence-corrected chi connectivity index (χ2v) is 6.56. The molecule has 6 nitrogen and oxygen atoms in total. The third-order valence-electron chi connectivity index (χ3n) is 4.58. The Hall–Kier alpha value is -0.800. The van der Waals surface area contributed by atoms with Crippen molar-refractivity contribution in [3.8, 4) is 0 Å². The average molecular weight is 448 g/mol. The van der Waals surface area contributed by atoms with Gasteiger partial charge in [-0.05, 0) is 33.2 Å². The molecule has 1 fully saturated rings. The molecule has 1 aliphatic heterocycles. The van der Waals surface area contributed by atoms with Crippen molar-refractivity contribution >= 4 is 29.9 Å². The van der Waals surface area contributed by atoms with E-state index in [-0.39, 0.29) is 24.0 Å². The Bertz CT molecular complexity index is 515. The van der Waals surface area contributed by atoms with Gasteiger partial charge >= 0.3 is 0 Å². The van der Waals surface area contributed by atoms with Gasteiger partial charge in [-0.25, -0.2) is 0 Å². The van der Waals surface area contributed by atoms with E-state index in [0.717, 1.165) is 45.2 Å². The molecular weight excluding hydrogens is 415 g/mol. The Balaban J connectivity index is 0.00000288. The smallest absolute Gasteiger partial charge is 0.194 e. The van der Waals surface area contributed by atoms with E-state index < -0.39 is 0 Å². The predicted octanol–water partition coefficient (Wildman–Crippen LogP) is 1.29. The molecule has 1 aromatic heterocycles. The molecule has 1 N–H and O–H groups in total. The van der Waals surface area contributed by atoms with Crippen LogP contribution in [-0.4, -0.2) is 85.1 Å². The molecule has 0 aromatic carbocycles. The maximum absolute atomic E-state index is 4.89. The number of likely N-dealkylation sites (N-methyl/N-ethyl adjacent to an activating group) is 2. The zero-order chi connectivity index (χ0) is 16.8. The summed E-state index contributed by atoms with van der Waals surface area (Å²) in [5.74, 6) is 0.982. The summed E-state index contributed by atoms with van der Waals surface area (Å²) in [5.41, 5.74) is 1.28. The van der Waals surface area contributed by atoms with Crippen LogP contribution in [0.15, 0.2) is 23.3 Å². The Kier molecular flexibility index (Phi) is 9.07. The third kappa shape index (κ3) is 5.93. The van der Waals surface area contributed by atoms with Crippen molar-refractivity contribution in [3.05, 3.63) is 24.0 Å². The van der Waals surface area contributed by atoms with Gasteiger partial charge in [0.15, 0.2) is 5.96 Å². The number of aliphatic imine (C=N–C) groups is 1. The van der Waals surface area contributed by atoms with E-state index in [4.69, 9.17) is 4.99 Å². The normalized spacial score (nSPS) is 19.9. The predicted molar refractivity (Wildman–Crippen MR) is 112 cm³/mol. The average Bonchev–Trinajstić information content (AvgIpc) is 2.91. The minimum absolute atomic E-state index is 0. The first-order valence-electron chi connectivity index (χ1n) is 8.49. The molecule has 1 atom stereocenters. The molecule has 0 amide bonds. The summed E-state index contributed by atoms with van der Waals surface area (Å²) in [6.45, 7) is 8.04. The van der Waals surface area contributed by atoms with Crippen LogP contribution in [0.5, 0.6) is 0 Å². The lowest BCUT2D eigenvalue weighted by molar-refractivity contribution is 0.119. The fraction of sp³-hybridized carbons (Fsp3) is 0.706. The van der Waals surface area contributed by atoms with Crippen molar-refractivity contribution in [2.75, 3.05) is 53.9 Å². The molecule has 1 aliphatic rings. The fourth-order valence-corrected chi connectivity index (χ4v) is 2.94. The third-order valence-corrected chi connectivity index (χ3v) is 4.58. The number of nitrogens with zero attached hydrogens (tertiary/aromatic N) is 5. The maximum atomic E-state index is 4.89. The van der Waals surface area contributed by atoms with Crippen LogP contribution in [0.25, 0.3) is 0 Å². The molecule has 24 heavy (non-hydrogen) atoms. The molecular formula is C17H33IN6. The van der Waals surface area contributed by atoms with Crippen LogP contribution in [0.1, 0.15) is 12.6 Å². The van der Waals surface area contributed by atoms with Crippen LogP contribution in [0.4, 0.5) is 0 Å². The summed E-state index contributed by atoms with van der Waals surface area (Å²) >= 11 is 0. The Morgan fingerprint density at radius 3 is 2.71 bits per heavy atom. The molecule has 1 aromatic rings. The monoisotopic (exact) mass is 448 g/mol. The second-order valence-electron chi connectivity index (χ2n) is 6.56. The highest BCUT2D eigenvalue weighted by Crippen LogP contribution is 2.07. The van der Waals surface area contributed by atoms with E-state index in [1.54, 1.807) is 0 Å². The molecule has 2 heterocycles. The molecule has 1 unspecified atom stereocenters. The van der Waals surface area contributed by atoms with Crippen molar-refractivity contribution in [1.29, 1.82) is 0 Å². The van der Waals surface area contributed by atoms with Gasteiger partial charge in [0.1, 0.15) is 0 Å². The molecule has 0 saturated carbocycles. The number of guanidine groups is 1. The quantitative estimate of drug-likeness (QED) is 0.419. The first-order valence-corrected chi connectivity index (χ1v) is 8.49. The SMILES string of the molecule is CCNC(=NCC1CN(C)CCN1C)N(C)Cc1cccn1C.I. The number of aryl methyl sites for hydroxylation is 1. The van der Waals surface area contributed by atoms with Gasteiger partial charge in [0.05, 0.1) is 13.1 Å². The van der Waals surface area contributed by atoms with Gasteiger partial charge in [0.2, 0.25) is 0 Å². The zero-order valence-electron chi connectivity index (χ0n) is 15.7. The molecule has 0 bridgehead atoms. The number of nitrogens with one attached hydrogen (secondary N) is 1. The number of hydrogen-bond donors (Lipinski definition) is 1. The number of piperazine rings is 1. The molecule has 0 radical (unpaired) electrons. The van der Waals surface area contributed by atoms with Gasteiger partial charge in [0, 0.05) is 58.2 Å². The summed E-state index contributed by atoms with van der Waals surface area (Å²) in [5, 5.41) is 3.41. The highest BCUT2D eigenvalue weighted by Gasteiger charge is 2.22. The summed E-state index contributed by atoms with van der Waals surface area (Å²) in [6, 6.07) is 4.73. The van der Waals surface area contributed by atoms with Gasteiger partial charge in [-0.15, -0.1) is 24.0 Å². The van der Waals surface area contributed by atoms with E-state index >= 15 is 0 Å². The van der Waals surface area contributed by atoms with Crippen molar-refractivity contribution in [2.24, 2.45) is 12.0 Å². The minimum atomic E-state index is 0. The molecule has 2 rings (SSSR count). The first-order chi connectivity index (χ1) is 11.0. The topological polar surface area (TPSA) is 39.0 Å². The highest BCUT2D eigenvalue weighted by atomic mass is 127. The molecule has 0 spiro atoms. The van der Waals surface area contributed by atoms with E-state index in [2.05, 4.69) is 78.0 Å². The van der Waals surface area contributed by atoms with E-state index in [0.29, 0.717) is 6.04 Å². The van der Waals surface area contributed by atoms with E-state index in [1.165, 1.54) is 5.69 Å². The zero-order valence-corrected chi connectivity index (χ0v) is 18.0. The Morgan fingerprint density at radius 2 is 2.08 bits per heavy atom. The maximum Gasteiger partial charge on any atom is 0.194 e. The number of hydrogen-bond acceptors (Lipinski definition) is 3. The van der Waals surface area contributed by atoms with E-state index in [9.17, 15) is 0 Å². The van der Waals surface area contributed by atoms with Gasteiger partial charge < -0.3 is 19.7 Å². The number of halogens is 1. The van der Waals surface area contributed by atoms with Crippen LogP contribution in [-0.2, 0) is 13.6 Å². The summed E-state index contributed by atoms with van der Waals surface area (Å²) in [7, 11) is 8.58. The minimum Gasteiger partial charge on any atom is -0.357 e. The number of aromatic nitrogens is 1. The van der Waals surface area contributed by atoms with Gasteiger partial charge in [-0.1, -0.05) is 0 Å². The van der Waals surface area contributed by atoms with Crippen LogP contribution in [0.2, 0.25) is 0 Å². The van der Waals surface area contributed by atoms with Gasteiger partial charge in [0.25, 0.3) is 0 Å². The van der Waals surface area contributed by atoms with E-state index in [1.807, 2.05) is 0 Å². The molecule has 1 saturated heterocycles. The molecule has 0 aliphatic carbocycles. The van der Waals surface area contributed by atoms with Crippen LogP contribution in [0, 0.1) is 0 Å². The van der Waals surface area contributed by atoms with Crippen molar-refractivity contribution in [2.45, 2.75) is 19.5 Å². The summed E-state index contributed by atoms with van der Waals surface area (Å²) in [6.07, 6.45) is 2.08. The second kappa shape index (κ2) is 10.2. The number of rotatable bonds is 5. The molecule has 138 valence electrons. The van der Waals surface area contributed by atoms with Crippen LogP contribution < -0.4 is 5.32 Å². The highest BCUT2D eigenvalue weighted by molar-refractivity contribution is 14.0.